The molecule has 0 amide bonds. The number of aliphatic hydroxyl groups excluding tert-OH is 1. The molecule has 0 saturated carbocycles. The van der Waals surface area contributed by atoms with E-state index in [-0.39, 0.29) is 31.0 Å². The summed E-state index contributed by atoms with van der Waals surface area (Å²) in [4.78, 5) is 0. The van der Waals surface area contributed by atoms with Gasteiger partial charge in [-0.2, -0.15) is 0 Å². The van der Waals surface area contributed by atoms with Gasteiger partial charge in [0.15, 0.2) is 12.1 Å². The zero-order chi connectivity index (χ0) is 23.3. The molecule has 0 aromatic heterocycles. The molecule has 2 saturated heterocycles. The molecule has 2 fully saturated rings. The Labute approximate surface area is 195 Å². The van der Waals surface area contributed by atoms with Gasteiger partial charge in [-0.05, 0) is 49.9 Å². The van der Waals surface area contributed by atoms with Gasteiger partial charge < -0.3 is 33.5 Å². The van der Waals surface area contributed by atoms with Crippen molar-refractivity contribution in [1.29, 1.82) is 0 Å². The molecular weight excluding hydrogens is 424 g/mol. The third-order valence-corrected chi connectivity index (χ3v) is 5.95. The van der Waals surface area contributed by atoms with Crippen molar-refractivity contribution in [3.05, 3.63) is 65.7 Å². The molecule has 2 aromatic carbocycles. The van der Waals surface area contributed by atoms with Gasteiger partial charge >= 0.3 is 0 Å². The first-order valence-electron chi connectivity index (χ1n) is 11.5. The summed E-state index contributed by atoms with van der Waals surface area (Å²) >= 11 is 0. The molecule has 33 heavy (non-hydrogen) atoms. The van der Waals surface area contributed by atoms with Crippen molar-refractivity contribution in [2.24, 2.45) is 0 Å². The Morgan fingerprint density at radius 1 is 0.970 bits per heavy atom. The Kier molecular flexibility index (Phi) is 8.01. The normalized spacial score (nSPS) is 26.8. The number of ether oxygens (including phenoxy) is 6. The van der Waals surface area contributed by atoms with Crippen LogP contribution in [-0.4, -0.2) is 55.3 Å². The number of hydrogen-bond acceptors (Lipinski definition) is 7. The lowest BCUT2D eigenvalue weighted by Gasteiger charge is -2.31. The van der Waals surface area contributed by atoms with Crippen molar-refractivity contribution in [3.63, 3.8) is 0 Å². The Bertz CT molecular complexity index is 855. The molecule has 0 aliphatic carbocycles. The standard InChI is InChI=1S/C26H34O7/c1-26(2)32-24-23(30-17-19-11-13-20(28-3)14-12-19)22(31-25(24)33-26)21(10-7-15-27)29-16-18-8-5-4-6-9-18/h4-6,8-9,11-14,21-25,27H,7,10,15-17H2,1-3H3/t21-,22-,23?,24?,25?/m1/s1. The van der Waals surface area contributed by atoms with Crippen molar-refractivity contribution in [3.8, 4) is 5.75 Å². The second-order valence-corrected chi connectivity index (χ2v) is 8.89. The van der Waals surface area contributed by atoms with Crippen molar-refractivity contribution in [1.82, 2.24) is 0 Å². The topological polar surface area (TPSA) is 75.6 Å². The molecule has 7 nitrogen and oxygen atoms in total. The maximum atomic E-state index is 9.45. The van der Waals surface area contributed by atoms with Crippen LogP contribution in [0.1, 0.15) is 37.8 Å². The van der Waals surface area contributed by atoms with Gasteiger partial charge in [0, 0.05) is 6.61 Å². The summed E-state index contributed by atoms with van der Waals surface area (Å²) in [6.07, 6.45) is -0.683. The Balaban J connectivity index is 1.49. The highest BCUT2D eigenvalue weighted by Crippen LogP contribution is 2.41. The molecular formula is C26H34O7. The van der Waals surface area contributed by atoms with Gasteiger partial charge in [-0.25, -0.2) is 0 Å². The number of benzene rings is 2. The summed E-state index contributed by atoms with van der Waals surface area (Å²) in [5.41, 5.74) is 2.10. The van der Waals surface area contributed by atoms with E-state index in [4.69, 9.17) is 28.4 Å². The highest BCUT2D eigenvalue weighted by Gasteiger charge is 2.57. The maximum absolute atomic E-state index is 9.45. The van der Waals surface area contributed by atoms with E-state index >= 15 is 0 Å². The van der Waals surface area contributed by atoms with Crippen molar-refractivity contribution in [2.75, 3.05) is 13.7 Å². The fraction of sp³-hybridized carbons (Fsp3) is 0.538. The molecule has 180 valence electrons. The van der Waals surface area contributed by atoms with Gasteiger partial charge in [-0.1, -0.05) is 42.5 Å². The number of hydrogen-bond donors (Lipinski definition) is 1. The molecule has 2 aliphatic rings. The molecule has 2 aromatic rings. The molecule has 5 atom stereocenters. The van der Waals surface area contributed by atoms with Crippen molar-refractivity contribution < 1.29 is 33.5 Å². The lowest BCUT2D eigenvalue weighted by atomic mass is 10.0. The largest absolute Gasteiger partial charge is 0.497 e. The minimum Gasteiger partial charge on any atom is -0.497 e. The van der Waals surface area contributed by atoms with Gasteiger partial charge in [0.25, 0.3) is 0 Å². The quantitative estimate of drug-likeness (QED) is 0.549. The number of fused-ring (bicyclic) bond motifs is 1. The van der Waals surface area contributed by atoms with Crippen LogP contribution in [0.5, 0.6) is 5.75 Å². The molecule has 2 heterocycles. The molecule has 7 heteroatoms. The Hall–Kier alpha value is -2.00. The average Bonchev–Trinajstić information content (AvgIpc) is 3.30. The summed E-state index contributed by atoms with van der Waals surface area (Å²) in [5.74, 6) is 0.0570. The molecule has 0 spiro atoms. The summed E-state index contributed by atoms with van der Waals surface area (Å²) in [6.45, 7) is 4.68. The summed E-state index contributed by atoms with van der Waals surface area (Å²) in [5, 5.41) is 9.45. The van der Waals surface area contributed by atoms with E-state index in [0.29, 0.717) is 26.1 Å². The lowest BCUT2D eigenvalue weighted by molar-refractivity contribution is -0.235. The smallest absolute Gasteiger partial charge is 0.190 e. The number of methoxy groups -OCH3 is 1. The second-order valence-electron chi connectivity index (χ2n) is 8.89. The Morgan fingerprint density at radius 2 is 1.70 bits per heavy atom. The SMILES string of the molecule is COc1ccc(COC2C3OC(C)(C)OC3O[C@@H]2[C@@H](CCCO)OCc2ccccc2)cc1. The Morgan fingerprint density at radius 3 is 2.39 bits per heavy atom. The minimum atomic E-state index is -0.743. The first kappa shape index (κ1) is 24.1. The predicted molar refractivity (Wildman–Crippen MR) is 122 cm³/mol. The van der Waals surface area contributed by atoms with Crippen LogP contribution in [0.15, 0.2) is 54.6 Å². The van der Waals surface area contributed by atoms with E-state index in [0.717, 1.165) is 16.9 Å². The summed E-state index contributed by atoms with van der Waals surface area (Å²) in [6, 6.07) is 17.8. The van der Waals surface area contributed by atoms with Crippen LogP contribution in [0.25, 0.3) is 0 Å². The van der Waals surface area contributed by atoms with Gasteiger partial charge in [0.05, 0.1) is 26.4 Å². The van der Waals surface area contributed by atoms with Crippen LogP contribution < -0.4 is 4.74 Å². The van der Waals surface area contributed by atoms with Gasteiger partial charge in [0.2, 0.25) is 0 Å². The predicted octanol–water partition coefficient (Wildman–Crippen LogP) is 3.81. The highest BCUT2D eigenvalue weighted by atomic mass is 16.8. The van der Waals surface area contributed by atoms with Crippen LogP contribution in [0.3, 0.4) is 0 Å². The van der Waals surface area contributed by atoms with E-state index < -0.39 is 12.1 Å². The second kappa shape index (κ2) is 11.0. The summed E-state index contributed by atoms with van der Waals surface area (Å²) < 4.78 is 36.4. The van der Waals surface area contributed by atoms with Crippen LogP contribution in [0.4, 0.5) is 0 Å². The third-order valence-electron chi connectivity index (χ3n) is 5.95. The van der Waals surface area contributed by atoms with Crippen molar-refractivity contribution >= 4 is 0 Å². The molecule has 2 aliphatic heterocycles. The van der Waals surface area contributed by atoms with Crippen LogP contribution in [0.2, 0.25) is 0 Å². The fourth-order valence-electron chi connectivity index (χ4n) is 4.32. The number of rotatable bonds is 11. The maximum Gasteiger partial charge on any atom is 0.190 e. The zero-order valence-electron chi connectivity index (χ0n) is 19.5. The van der Waals surface area contributed by atoms with E-state index in [9.17, 15) is 5.11 Å². The number of aliphatic hydroxyl groups is 1. The van der Waals surface area contributed by atoms with Gasteiger partial charge in [-0.3, -0.25) is 0 Å². The van der Waals surface area contributed by atoms with E-state index in [1.807, 2.05) is 68.4 Å². The van der Waals surface area contributed by atoms with Crippen LogP contribution in [0, 0.1) is 0 Å². The average molecular weight is 459 g/mol. The van der Waals surface area contributed by atoms with E-state index in [2.05, 4.69) is 0 Å². The molecule has 3 unspecified atom stereocenters. The van der Waals surface area contributed by atoms with E-state index in [1.165, 1.54) is 0 Å². The third kappa shape index (κ3) is 6.12. The van der Waals surface area contributed by atoms with Gasteiger partial charge in [-0.15, -0.1) is 0 Å². The molecule has 0 radical (unpaired) electrons. The lowest BCUT2D eigenvalue weighted by Crippen LogP contribution is -2.43. The van der Waals surface area contributed by atoms with Gasteiger partial charge in [0.1, 0.15) is 24.1 Å². The van der Waals surface area contributed by atoms with E-state index in [1.54, 1.807) is 7.11 Å². The molecule has 0 bridgehead atoms. The van der Waals surface area contributed by atoms with Crippen molar-refractivity contribution in [2.45, 2.75) is 76.4 Å². The van der Waals surface area contributed by atoms with Crippen LogP contribution in [-0.2, 0) is 36.9 Å². The first-order valence-corrected chi connectivity index (χ1v) is 11.5. The molecule has 1 N–H and O–H groups in total. The summed E-state index contributed by atoms with van der Waals surface area (Å²) in [7, 11) is 1.65. The molecule has 4 rings (SSSR count). The zero-order valence-corrected chi connectivity index (χ0v) is 19.5. The fourth-order valence-corrected chi connectivity index (χ4v) is 4.32. The minimum absolute atomic E-state index is 0.0855. The monoisotopic (exact) mass is 458 g/mol. The first-order chi connectivity index (χ1) is 16.0. The van der Waals surface area contributed by atoms with Crippen LogP contribution >= 0.6 is 0 Å². The highest BCUT2D eigenvalue weighted by molar-refractivity contribution is 5.26.